The number of methoxy groups -OCH3 is 2. The number of para-hydroxylation sites is 1. The molecule has 2 aromatic carbocycles. The van der Waals surface area contributed by atoms with Crippen LogP contribution < -0.4 is 14.8 Å². The van der Waals surface area contributed by atoms with Crippen molar-refractivity contribution in [3.63, 3.8) is 0 Å². The zero-order chi connectivity index (χ0) is 19.4. The number of hydrogen-bond donors (Lipinski definition) is 1. The number of hydrogen-bond acceptors (Lipinski definition) is 5. The van der Waals surface area contributed by atoms with Gasteiger partial charge in [0.2, 0.25) is 5.91 Å². The van der Waals surface area contributed by atoms with E-state index in [1.54, 1.807) is 37.3 Å². The molecule has 1 N–H and O–H groups in total. The van der Waals surface area contributed by atoms with E-state index in [0.717, 1.165) is 15.7 Å². The van der Waals surface area contributed by atoms with E-state index in [1.165, 1.54) is 0 Å². The summed E-state index contributed by atoms with van der Waals surface area (Å²) >= 11 is 3.44. The normalized spacial score (nSPS) is 13.2. The molecule has 0 aromatic heterocycles. The minimum Gasteiger partial charge on any atom is -0.497 e. The maximum atomic E-state index is 12.4. The Bertz CT molecular complexity index is 950. The molecule has 2 aromatic rings. The smallest absolute Gasteiger partial charge is 0.249 e. The summed E-state index contributed by atoms with van der Waals surface area (Å²) in [5.41, 5.74) is 2.74. The van der Waals surface area contributed by atoms with Crippen LogP contribution in [-0.2, 0) is 11.3 Å². The molecule has 0 radical (unpaired) electrons. The SMILES string of the molecule is COc1ccc(OC)c(CN2CC(Nc3c(Br)cccc3C#N)=CC2=O)c1. The van der Waals surface area contributed by atoms with Gasteiger partial charge in [-0.15, -0.1) is 0 Å². The van der Waals surface area contributed by atoms with Crippen LogP contribution in [0.3, 0.4) is 0 Å². The average Bonchev–Trinajstić information content (AvgIpc) is 3.02. The largest absolute Gasteiger partial charge is 0.497 e. The van der Waals surface area contributed by atoms with E-state index >= 15 is 0 Å². The Morgan fingerprint density at radius 2 is 2.07 bits per heavy atom. The van der Waals surface area contributed by atoms with Crippen molar-refractivity contribution < 1.29 is 14.3 Å². The van der Waals surface area contributed by atoms with Gasteiger partial charge in [0.25, 0.3) is 0 Å². The summed E-state index contributed by atoms with van der Waals surface area (Å²) in [4.78, 5) is 14.1. The number of anilines is 1. The molecule has 1 heterocycles. The van der Waals surface area contributed by atoms with Crippen LogP contribution in [0.25, 0.3) is 0 Å². The van der Waals surface area contributed by atoms with E-state index in [-0.39, 0.29) is 5.91 Å². The van der Waals surface area contributed by atoms with Crippen molar-refractivity contribution in [3.05, 3.63) is 63.8 Å². The quantitative estimate of drug-likeness (QED) is 0.760. The Morgan fingerprint density at radius 1 is 1.26 bits per heavy atom. The van der Waals surface area contributed by atoms with Crippen molar-refractivity contribution in [3.8, 4) is 17.6 Å². The summed E-state index contributed by atoms with van der Waals surface area (Å²) in [6.45, 7) is 0.799. The first-order valence-electron chi connectivity index (χ1n) is 8.21. The molecule has 0 spiro atoms. The van der Waals surface area contributed by atoms with Crippen LogP contribution in [0.15, 0.2) is 52.6 Å². The summed E-state index contributed by atoms with van der Waals surface area (Å²) in [6, 6.07) is 13.0. The molecule has 138 valence electrons. The van der Waals surface area contributed by atoms with Crippen LogP contribution in [-0.4, -0.2) is 31.6 Å². The van der Waals surface area contributed by atoms with E-state index in [0.29, 0.717) is 35.8 Å². The van der Waals surface area contributed by atoms with Gasteiger partial charge >= 0.3 is 0 Å². The number of nitrogens with zero attached hydrogens (tertiary/aromatic N) is 2. The van der Waals surface area contributed by atoms with E-state index < -0.39 is 0 Å². The van der Waals surface area contributed by atoms with Crippen LogP contribution in [0.1, 0.15) is 11.1 Å². The van der Waals surface area contributed by atoms with Gasteiger partial charge in [0.05, 0.1) is 38.6 Å². The molecule has 0 unspecified atom stereocenters. The third-order valence-electron chi connectivity index (χ3n) is 4.24. The third kappa shape index (κ3) is 4.07. The number of nitrogens with one attached hydrogen (secondary N) is 1. The summed E-state index contributed by atoms with van der Waals surface area (Å²) in [5.74, 6) is 1.30. The van der Waals surface area contributed by atoms with Gasteiger partial charge in [0.1, 0.15) is 17.6 Å². The number of ether oxygens (including phenoxy) is 2. The summed E-state index contributed by atoms with van der Waals surface area (Å²) in [7, 11) is 3.19. The van der Waals surface area contributed by atoms with Gasteiger partial charge in [0, 0.05) is 21.8 Å². The number of carbonyl (C=O) groups excluding carboxylic acids is 1. The van der Waals surface area contributed by atoms with Gasteiger partial charge in [0.15, 0.2) is 0 Å². The van der Waals surface area contributed by atoms with Crippen molar-refractivity contribution in [2.45, 2.75) is 6.54 Å². The van der Waals surface area contributed by atoms with Crippen molar-refractivity contribution in [2.75, 3.05) is 26.1 Å². The van der Waals surface area contributed by atoms with Crippen molar-refractivity contribution in [2.24, 2.45) is 0 Å². The zero-order valence-electron chi connectivity index (χ0n) is 15.0. The fourth-order valence-corrected chi connectivity index (χ4v) is 3.36. The van der Waals surface area contributed by atoms with E-state index in [4.69, 9.17) is 9.47 Å². The summed E-state index contributed by atoms with van der Waals surface area (Å²) in [6.07, 6.45) is 1.55. The lowest BCUT2D eigenvalue weighted by Crippen LogP contribution is -2.26. The molecule has 7 heteroatoms. The van der Waals surface area contributed by atoms with Crippen molar-refractivity contribution >= 4 is 27.5 Å². The molecule has 1 aliphatic rings. The van der Waals surface area contributed by atoms with Crippen LogP contribution in [0.5, 0.6) is 11.5 Å². The van der Waals surface area contributed by atoms with E-state index in [1.807, 2.05) is 24.3 Å². The van der Waals surface area contributed by atoms with Crippen molar-refractivity contribution in [1.29, 1.82) is 5.26 Å². The molecular formula is C20H18BrN3O3. The van der Waals surface area contributed by atoms with Crippen LogP contribution in [0.2, 0.25) is 0 Å². The number of benzene rings is 2. The standard InChI is InChI=1S/C20H18BrN3O3/c1-26-16-6-7-18(27-2)14(8-16)11-24-12-15(9-19(24)25)23-20-13(10-22)4-3-5-17(20)21/h3-9,23H,11-12H2,1-2H3. The summed E-state index contributed by atoms with van der Waals surface area (Å²) < 4.78 is 11.4. The minimum absolute atomic E-state index is 0.104. The average molecular weight is 428 g/mol. The molecule has 0 saturated heterocycles. The second-order valence-corrected chi connectivity index (χ2v) is 6.80. The highest BCUT2D eigenvalue weighted by Crippen LogP contribution is 2.30. The highest BCUT2D eigenvalue weighted by atomic mass is 79.9. The lowest BCUT2D eigenvalue weighted by atomic mass is 10.1. The molecule has 0 bridgehead atoms. The Morgan fingerprint density at radius 3 is 2.78 bits per heavy atom. The van der Waals surface area contributed by atoms with Gasteiger partial charge < -0.3 is 19.7 Å². The topological polar surface area (TPSA) is 74.6 Å². The third-order valence-corrected chi connectivity index (χ3v) is 4.90. The lowest BCUT2D eigenvalue weighted by Gasteiger charge is -2.19. The number of halogens is 1. The van der Waals surface area contributed by atoms with Crippen LogP contribution >= 0.6 is 15.9 Å². The van der Waals surface area contributed by atoms with Crippen molar-refractivity contribution in [1.82, 2.24) is 4.90 Å². The van der Waals surface area contributed by atoms with Gasteiger partial charge in [-0.05, 0) is 46.3 Å². The number of rotatable bonds is 6. The van der Waals surface area contributed by atoms with E-state index in [9.17, 15) is 10.1 Å². The fraction of sp³-hybridized carbons (Fsp3) is 0.200. The maximum absolute atomic E-state index is 12.4. The zero-order valence-corrected chi connectivity index (χ0v) is 16.5. The number of carbonyl (C=O) groups is 1. The fourth-order valence-electron chi connectivity index (χ4n) is 2.89. The minimum atomic E-state index is -0.104. The molecule has 1 aliphatic heterocycles. The van der Waals surface area contributed by atoms with Crippen LogP contribution in [0.4, 0.5) is 5.69 Å². The van der Waals surface area contributed by atoms with Gasteiger partial charge in [-0.25, -0.2) is 0 Å². The second kappa shape index (κ2) is 8.14. The Hall–Kier alpha value is -2.98. The molecule has 1 amide bonds. The molecule has 3 rings (SSSR count). The predicted molar refractivity (Wildman–Crippen MR) is 106 cm³/mol. The monoisotopic (exact) mass is 427 g/mol. The lowest BCUT2D eigenvalue weighted by molar-refractivity contribution is -0.125. The Kier molecular flexibility index (Phi) is 5.67. The Labute approximate surface area is 166 Å². The van der Waals surface area contributed by atoms with Gasteiger partial charge in [-0.1, -0.05) is 6.07 Å². The molecule has 0 saturated carbocycles. The molecule has 0 aliphatic carbocycles. The van der Waals surface area contributed by atoms with E-state index in [2.05, 4.69) is 27.3 Å². The molecule has 0 atom stereocenters. The Balaban J connectivity index is 1.77. The first kappa shape index (κ1) is 18.8. The van der Waals surface area contributed by atoms with Gasteiger partial charge in [-0.3, -0.25) is 4.79 Å². The van der Waals surface area contributed by atoms with Crippen LogP contribution in [0, 0.1) is 11.3 Å². The second-order valence-electron chi connectivity index (χ2n) is 5.94. The molecule has 27 heavy (non-hydrogen) atoms. The molecule has 0 fully saturated rings. The molecule has 6 nitrogen and oxygen atoms in total. The highest BCUT2D eigenvalue weighted by Gasteiger charge is 2.24. The number of nitriles is 1. The number of amides is 1. The first-order valence-corrected chi connectivity index (χ1v) is 9.01. The van der Waals surface area contributed by atoms with Gasteiger partial charge in [-0.2, -0.15) is 5.26 Å². The predicted octanol–water partition coefficient (Wildman–Crippen LogP) is 3.68. The first-order chi connectivity index (χ1) is 13.0. The molecular weight excluding hydrogens is 410 g/mol. The summed E-state index contributed by atoms with van der Waals surface area (Å²) in [5, 5.41) is 12.5. The highest BCUT2D eigenvalue weighted by molar-refractivity contribution is 9.10. The maximum Gasteiger partial charge on any atom is 0.249 e.